The molecule has 0 spiro atoms. The lowest BCUT2D eigenvalue weighted by Crippen LogP contribution is -2.07. The van der Waals surface area contributed by atoms with Gasteiger partial charge in [-0.25, -0.2) is 0 Å². The molecule has 0 radical (unpaired) electrons. The van der Waals surface area contributed by atoms with E-state index >= 15 is 0 Å². The van der Waals surface area contributed by atoms with Crippen molar-refractivity contribution in [2.75, 3.05) is 20.3 Å². The third-order valence-electron chi connectivity index (χ3n) is 0.739. The van der Waals surface area contributed by atoms with Crippen molar-refractivity contribution in [3.63, 3.8) is 0 Å². The summed E-state index contributed by atoms with van der Waals surface area (Å²) in [4.78, 5) is 0. The molecular formula is C5H10O4S. The smallest absolute Gasteiger partial charge is 0.289 e. The van der Waals surface area contributed by atoms with Gasteiger partial charge in [-0.15, -0.1) is 0 Å². The molecule has 60 valence electrons. The average molecular weight is 166 g/mol. The zero-order valence-electron chi connectivity index (χ0n) is 5.74. The Morgan fingerprint density at radius 2 is 2.10 bits per heavy atom. The third-order valence-corrected chi connectivity index (χ3v) is 1.64. The van der Waals surface area contributed by atoms with Crippen LogP contribution in [0.5, 0.6) is 0 Å². The molecule has 0 aromatic heterocycles. The lowest BCUT2D eigenvalue weighted by atomic mass is 10.8. The Bertz CT molecular complexity index is 182. The monoisotopic (exact) mass is 166 g/mol. The van der Waals surface area contributed by atoms with Crippen molar-refractivity contribution in [2.45, 2.75) is 0 Å². The van der Waals surface area contributed by atoms with Crippen molar-refractivity contribution in [3.05, 3.63) is 12.0 Å². The molecule has 10 heavy (non-hydrogen) atoms. The molecule has 0 fully saturated rings. The first-order chi connectivity index (χ1) is 4.62. The van der Waals surface area contributed by atoms with Crippen LogP contribution >= 0.6 is 0 Å². The standard InChI is InChI=1S/C5H10O4S/c1-3-10(6,7)9-5-4-8-2/h3H,1,4-5H2,2H3. The number of methoxy groups -OCH3 is 1. The molecule has 0 aliphatic rings. The van der Waals surface area contributed by atoms with Crippen molar-refractivity contribution in [1.82, 2.24) is 0 Å². The Morgan fingerprint density at radius 1 is 1.50 bits per heavy atom. The minimum absolute atomic E-state index is 0.0326. The van der Waals surface area contributed by atoms with Crippen LogP contribution in [0, 0.1) is 0 Å². The summed E-state index contributed by atoms with van der Waals surface area (Å²) < 4.78 is 29.9. The van der Waals surface area contributed by atoms with Gasteiger partial charge in [-0.3, -0.25) is 4.18 Å². The highest BCUT2D eigenvalue weighted by Gasteiger charge is 2.02. The Kier molecular flexibility index (Phi) is 4.26. The molecule has 0 saturated carbocycles. The van der Waals surface area contributed by atoms with Gasteiger partial charge in [-0.05, 0) is 0 Å². The first-order valence-electron chi connectivity index (χ1n) is 2.63. The summed E-state index contributed by atoms with van der Waals surface area (Å²) >= 11 is 0. The predicted octanol–water partition coefficient (Wildman–Crippen LogP) is 0.123. The van der Waals surface area contributed by atoms with Crippen molar-refractivity contribution in [2.24, 2.45) is 0 Å². The molecule has 0 bridgehead atoms. The second-order valence-corrected chi connectivity index (χ2v) is 3.03. The van der Waals surface area contributed by atoms with E-state index in [1.807, 2.05) is 0 Å². The minimum Gasteiger partial charge on any atom is -0.382 e. The fraction of sp³-hybridized carbons (Fsp3) is 0.600. The van der Waals surface area contributed by atoms with Gasteiger partial charge in [-0.2, -0.15) is 8.42 Å². The molecule has 0 atom stereocenters. The first-order valence-corrected chi connectivity index (χ1v) is 4.10. The summed E-state index contributed by atoms with van der Waals surface area (Å²) in [6.45, 7) is 3.35. The molecule has 0 rings (SSSR count). The Balaban J connectivity index is 3.59. The van der Waals surface area contributed by atoms with Gasteiger partial charge in [-0.1, -0.05) is 6.58 Å². The van der Waals surface area contributed by atoms with E-state index in [0.29, 0.717) is 0 Å². The van der Waals surface area contributed by atoms with Gasteiger partial charge in [0.15, 0.2) is 0 Å². The van der Waals surface area contributed by atoms with Crippen molar-refractivity contribution < 1.29 is 17.3 Å². The maximum atomic E-state index is 10.5. The van der Waals surface area contributed by atoms with Gasteiger partial charge >= 0.3 is 0 Å². The Morgan fingerprint density at radius 3 is 2.50 bits per heavy atom. The van der Waals surface area contributed by atoms with Gasteiger partial charge < -0.3 is 4.74 Å². The minimum atomic E-state index is -3.51. The van der Waals surface area contributed by atoms with E-state index < -0.39 is 10.1 Å². The molecule has 0 heterocycles. The van der Waals surface area contributed by atoms with Crippen LogP contribution < -0.4 is 0 Å². The van der Waals surface area contributed by atoms with Gasteiger partial charge in [0, 0.05) is 7.11 Å². The molecular weight excluding hydrogens is 156 g/mol. The summed E-state index contributed by atoms with van der Waals surface area (Å²) in [6.07, 6.45) is 0. The summed E-state index contributed by atoms with van der Waals surface area (Å²) in [5.41, 5.74) is 0. The molecule has 0 aromatic carbocycles. The number of hydrogen-bond donors (Lipinski definition) is 0. The van der Waals surface area contributed by atoms with Crippen LogP contribution in [-0.4, -0.2) is 28.7 Å². The summed E-state index contributed by atoms with van der Waals surface area (Å²) in [5.74, 6) is 0. The molecule has 0 N–H and O–H groups in total. The molecule has 0 unspecified atom stereocenters. The van der Waals surface area contributed by atoms with E-state index in [-0.39, 0.29) is 13.2 Å². The normalized spacial score (nSPS) is 11.3. The van der Waals surface area contributed by atoms with Crippen LogP contribution in [-0.2, 0) is 19.0 Å². The third kappa shape index (κ3) is 4.49. The summed E-state index contributed by atoms with van der Waals surface area (Å²) in [5, 5.41) is 0.753. The van der Waals surface area contributed by atoms with Gasteiger partial charge in [0.2, 0.25) is 0 Å². The zero-order valence-corrected chi connectivity index (χ0v) is 6.56. The van der Waals surface area contributed by atoms with Crippen molar-refractivity contribution >= 4 is 10.1 Å². The van der Waals surface area contributed by atoms with Gasteiger partial charge in [0.05, 0.1) is 18.6 Å². The van der Waals surface area contributed by atoms with Crippen LogP contribution in [0.2, 0.25) is 0 Å². The Hall–Kier alpha value is -0.390. The number of hydrogen-bond acceptors (Lipinski definition) is 4. The second kappa shape index (κ2) is 4.43. The summed E-state index contributed by atoms with van der Waals surface area (Å²) in [6, 6.07) is 0. The van der Waals surface area contributed by atoms with Crippen LogP contribution in [0.3, 0.4) is 0 Å². The SMILES string of the molecule is C=CS(=O)(=O)OCCOC. The first kappa shape index (κ1) is 9.61. The van der Waals surface area contributed by atoms with E-state index in [1.54, 1.807) is 0 Å². The highest BCUT2D eigenvalue weighted by molar-refractivity contribution is 7.89. The maximum absolute atomic E-state index is 10.5. The molecule has 0 amide bonds. The fourth-order valence-corrected chi connectivity index (χ4v) is 0.678. The lowest BCUT2D eigenvalue weighted by Gasteiger charge is -1.98. The molecule has 0 aliphatic heterocycles. The highest BCUT2D eigenvalue weighted by Crippen LogP contribution is 1.91. The molecule has 4 nitrogen and oxygen atoms in total. The molecule has 0 aliphatic carbocycles. The van der Waals surface area contributed by atoms with Crippen LogP contribution in [0.25, 0.3) is 0 Å². The molecule has 0 aromatic rings. The molecule has 5 heteroatoms. The fourth-order valence-electron chi connectivity index (χ4n) is 0.282. The number of rotatable bonds is 5. The lowest BCUT2D eigenvalue weighted by molar-refractivity contribution is 0.150. The van der Waals surface area contributed by atoms with E-state index in [4.69, 9.17) is 0 Å². The van der Waals surface area contributed by atoms with E-state index in [2.05, 4.69) is 15.5 Å². The van der Waals surface area contributed by atoms with Crippen molar-refractivity contribution in [3.8, 4) is 0 Å². The van der Waals surface area contributed by atoms with E-state index in [0.717, 1.165) is 5.41 Å². The van der Waals surface area contributed by atoms with Crippen molar-refractivity contribution in [1.29, 1.82) is 0 Å². The quantitative estimate of drug-likeness (QED) is 0.430. The number of ether oxygens (including phenoxy) is 1. The summed E-state index contributed by atoms with van der Waals surface area (Å²) in [7, 11) is -2.05. The van der Waals surface area contributed by atoms with Crippen LogP contribution in [0.15, 0.2) is 12.0 Å². The van der Waals surface area contributed by atoms with Gasteiger partial charge in [0.1, 0.15) is 0 Å². The van der Waals surface area contributed by atoms with E-state index in [9.17, 15) is 8.42 Å². The predicted molar refractivity (Wildman–Crippen MR) is 36.9 cm³/mol. The Labute approximate surface area is 60.6 Å². The topological polar surface area (TPSA) is 52.6 Å². The highest BCUT2D eigenvalue weighted by atomic mass is 32.2. The van der Waals surface area contributed by atoms with Crippen LogP contribution in [0.4, 0.5) is 0 Å². The maximum Gasteiger partial charge on any atom is 0.289 e. The van der Waals surface area contributed by atoms with Crippen LogP contribution in [0.1, 0.15) is 0 Å². The van der Waals surface area contributed by atoms with E-state index in [1.165, 1.54) is 7.11 Å². The largest absolute Gasteiger partial charge is 0.382 e. The van der Waals surface area contributed by atoms with Gasteiger partial charge in [0.25, 0.3) is 10.1 Å². The zero-order chi connectivity index (χ0) is 8.04. The second-order valence-electron chi connectivity index (χ2n) is 1.47. The molecule has 0 saturated heterocycles. The average Bonchev–Trinajstić information content (AvgIpc) is 1.89.